The van der Waals surface area contributed by atoms with Gasteiger partial charge in [0, 0.05) is 16.0 Å². The molecule has 0 unspecified atom stereocenters. The second-order valence-electron chi connectivity index (χ2n) is 2.73. The molecule has 2 aromatic rings. The topological polar surface area (TPSA) is 37.8 Å². The van der Waals surface area contributed by atoms with E-state index in [0.29, 0.717) is 0 Å². The molecule has 0 aliphatic rings. The molecule has 0 atom stereocenters. The Hall–Kier alpha value is -0.680. The molecular weight excluding hydrogens is 310 g/mol. The van der Waals surface area contributed by atoms with Crippen molar-refractivity contribution in [1.82, 2.24) is 9.97 Å². The van der Waals surface area contributed by atoms with Gasteiger partial charge in [-0.05, 0) is 44.0 Å². The van der Waals surface area contributed by atoms with E-state index in [4.69, 9.17) is 0 Å². The van der Waals surface area contributed by atoms with Crippen LogP contribution < -0.4 is 5.32 Å². The molecule has 14 heavy (non-hydrogen) atoms. The number of halogens is 2. The zero-order chi connectivity index (χ0) is 10.1. The van der Waals surface area contributed by atoms with Gasteiger partial charge in [0.05, 0.1) is 6.20 Å². The first-order valence-corrected chi connectivity index (χ1v) is 5.59. The average molecular weight is 317 g/mol. The normalized spacial score (nSPS) is 10.5. The number of fused-ring (bicyclic) bond motifs is 1. The third-order valence-corrected chi connectivity index (χ3v) is 3.14. The van der Waals surface area contributed by atoms with E-state index in [1.54, 1.807) is 6.20 Å². The van der Waals surface area contributed by atoms with E-state index in [2.05, 4.69) is 47.1 Å². The second-order valence-corrected chi connectivity index (χ2v) is 4.44. The van der Waals surface area contributed by atoms with Crippen molar-refractivity contribution in [2.24, 2.45) is 0 Å². The number of aromatic nitrogens is 2. The lowest BCUT2D eigenvalue weighted by atomic mass is 10.3. The van der Waals surface area contributed by atoms with Crippen molar-refractivity contribution in [1.29, 1.82) is 0 Å². The number of nitrogens with zero attached hydrogens (tertiary/aromatic N) is 2. The molecule has 0 saturated carbocycles. The van der Waals surface area contributed by atoms with Crippen molar-refractivity contribution < 1.29 is 0 Å². The van der Waals surface area contributed by atoms with Crippen LogP contribution in [0, 0.1) is 0 Å². The third kappa shape index (κ3) is 1.62. The standard InChI is InChI=1S/C9H7Br2N3/c1-12-7-4-13-8-5(10)2-3-6(11)9(8)14-7/h2-4H,1H3,(H,12,14). The minimum atomic E-state index is 0.760. The number of hydrogen-bond acceptors (Lipinski definition) is 3. The summed E-state index contributed by atoms with van der Waals surface area (Å²) in [5.74, 6) is 0.760. The zero-order valence-electron chi connectivity index (χ0n) is 7.38. The van der Waals surface area contributed by atoms with Crippen LogP contribution in [0.25, 0.3) is 11.0 Å². The maximum Gasteiger partial charge on any atom is 0.145 e. The fraction of sp³-hybridized carbons (Fsp3) is 0.111. The summed E-state index contributed by atoms with van der Waals surface area (Å²) in [5.41, 5.74) is 1.71. The highest BCUT2D eigenvalue weighted by atomic mass is 79.9. The highest BCUT2D eigenvalue weighted by Gasteiger charge is 2.05. The minimum absolute atomic E-state index is 0.760. The Labute approximate surface area is 98.2 Å². The predicted molar refractivity (Wildman–Crippen MR) is 64.5 cm³/mol. The summed E-state index contributed by atoms with van der Waals surface area (Å²) in [6, 6.07) is 3.89. The van der Waals surface area contributed by atoms with Gasteiger partial charge in [0.15, 0.2) is 0 Å². The van der Waals surface area contributed by atoms with Gasteiger partial charge in [-0.2, -0.15) is 0 Å². The molecule has 2 rings (SSSR count). The maximum atomic E-state index is 4.40. The average Bonchev–Trinajstić information content (AvgIpc) is 2.23. The Balaban J connectivity index is 2.80. The van der Waals surface area contributed by atoms with Gasteiger partial charge in [0.2, 0.25) is 0 Å². The second kappa shape index (κ2) is 3.82. The van der Waals surface area contributed by atoms with Crippen molar-refractivity contribution >= 4 is 48.7 Å². The molecule has 1 N–H and O–H groups in total. The van der Waals surface area contributed by atoms with E-state index >= 15 is 0 Å². The largest absolute Gasteiger partial charge is 0.372 e. The lowest BCUT2D eigenvalue weighted by molar-refractivity contribution is 1.25. The first kappa shape index (κ1) is 9.86. The van der Waals surface area contributed by atoms with Crippen molar-refractivity contribution in [2.75, 3.05) is 12.4 Å². The van der Waals surface area contributed by atoms with E-state index in [9.17, 15) is 0 Å². The van der Waals surface area contributed by atoms with Crippen LogP contribution in [0.5, 0.6) is 0 Å². The van der Waals surface area contributed by atoms with Gasteiger partial charge in [-0.15, -0.1) is 0 Å². The highest BCUT2D eigenvalue weighted by Crippen LogP contribution is 2.27. The number of rotatable bonds is 1. The summed E-state index contributed by atoms with van der Waals surface area (Å²) < 4.78 is 1.89. The van der Waals surface area contributed by atoms with Crippen molar-refractivity contribution in [2.45, 2.75) is 0 Å². The Morgan fingerprint density at radius 2 is 1.79 bits per heavy atom. The fourth-order valence-corrected chi connectivity index (χ4v) is 1.99. The molecule has 1 heterocycles. The lowest BCUT2D eigenvalue weighted by Gasteiger charge is -2.04. The van der Waals surface area contributed by atoms with Crippen LogP contribution >= 0.6 is 31.9 Å². The molecular formula is C9H7Br2N3. The first-order chi connectivity index (χ1) is 6.72. The summed E-state index contributed by atoms with van der Waals surface area (Å²) in [6.07, 6.45) is 1.71. The van der Waals surface area contributed by atoms with Crippen LogP contribution in [0.2, 0.25) is 0 Å². The maximum absolute atomic E-state index is 4.40. The summed E-state index contributed by atoms with van der Waals surface area (Å²) in [4.78, 5) is 8.71. The number of anilines is 1. The summed E-state index contributed by atoms with van der Waals surface area (Å²) in [5, 5.41) is 2.96. The van der Waals surface area contributed by atoms with E-state index in [-0.39, 0.29) is 0 Å². The molecule has 72 valence electrons. The zero-order valence-corrected chi connectivity index (χ0v) is 10.6. The van der Waals surface area contributed by atoms with Gasteiger partial charge in [0.1, 0.15) is 16.9 Å². The Bertz CT molecular complexity index is 485. The van der Waals surface area contributed by atoms with Gasteiger partial charge in [-0.25, -0.2) is 9.97 Å². The monoisotopic (exact) mass is 315 g/mol. The molecule has 0 radical (unpaired) electrons. The van der Waals surface area contributed by atoms with Crippen LogP contribution in [0.15, 0.2) is 27.3 Å². The quantitative estimate of drug-likeness (QED) is 0.878. The molecule has 0 aliphatic carbocycles. The van der Waals surface area contributed by atoms with E-state index in [0.717, 1.165) is 25.8 Å². The minimum Gasteiger partial charge on any atom is -0.372 e. The lowest BCUT2D eigenvalue weighted by Crippen LogP contribution is -1.94. The van der Waals surface area contributed by atoms with Gasteiger partial charge >= 0.3 is 0 Å². The highest BCUT2D eigenvalue weighted by molar-refractivity contribution is 9.11. The van der Waals surface area contributed by atoms with Crippen molar-refractivity contribution in [3.8, 4) is 0 Å². The summed E-state index contributed by atoms with van der Waals surface area (Å²) in [6.45, 7) is 0. The van der Waals surface area contributed by atoms with Gasteiger partial charge in [-0.3, -0.25) is 0 Å². The molecule has 0 aliphatic heterocycles. The fourth-order valence-electron chi connectivity index (χ4n) is 1.16. The summed E-state index contributed by atoms with van der Waals surface area (Å²) in [7, 11) is 1.82. The molecule has 0 spiro atoms. The van der Waals surface area contributed by atoms with Gasteiger partial charge in [-0.1, -0.05) is 0 Å². The van der Waals surface area contributed by atoms with Crippen molar-refractivity contribution in [3.63, 3.8) is 0 Å². The molecule has 1 aromatic heterocycles. The van der Waals surface area contributed by atoms with Gasteiger partial charge in [0.25, 0.3) is 0 Å². The van der Waals surface area contributed by atoms with Crippen LogP contribution in [-0.4, -0.2) is 17.0 Å². The SMILES string of the molecule is CNc1cnc2c(Br)ccc(Br)c2n1. The van der Waals surface area contributed by atoms with Crippen LogP contribution in [0.3, 0.4) is 0 Å². The third-order valence-electron chi connectivity index (χ3n) is 1.86. The number of benzene rings is 1. The van der Waals surface area contributed by atoms with Crippen molar-refractivity contribution in [3.05, 3.63) is 27.3 Å². The van der Waals surface area contributed by atoms with E-state index in [1.807, 2.05) is 19.2 Å². The van der Waals surface area contributed by atoms with E-state index in [1.165, 1.54) is 0 Å². The van der Waals surface area contributed by atoms with Crippen LogP contribution in [0.4, 0.5) is 5.82 Å². The molecule has 0 fully saturated rings. The summed E-state index contributed by atoms with van der Waals surface area (Å²) >= 11 is 6.88. The predicted octanol–water partition coefficient (Wildman–Crippen LogP) is 3.20. The smallest absolute Gasteiger partial charge is 0.145 e. The molecule has 0 bridgehead atoms. The van der Waals surface area contributed by atoms with Crippen LogP contribution in [-0.2, 0) is 0 Å². The Morgan fingerprint density at radius 1 is 1.14 bits per heavy atom. The molecule has 1 aromatic carbocycles. The molecule has 3 nitrogen and oxygen atoms in total. The molecule has 0 amide bonds. The molecule has 0 saturated heterocycles. The van der Waals surface area contributed by atoms with Gasteiger partial charge < -0.3 is 5.32 Å². The number of nitrogens with one attached hydrogen (secondary N) is 1. The Kier molecular flexibility index (Phi) is 2.69. The molecule has 5 heteroatoms. The van der Waals surface area contributed by atoms with E-state index < -0.39 is 0 Å². The first-order valence-electron chi connectivity index (χ1n) is 4.01. The Morgan fingerprint density at radius 3 is 2.43 bits per heavy atom. The van der Waals surface area contributed by atoms with Crippen LogP contribution in [0.1, 0.15) is 0 Å². The number of hydrogen-bond donors (Lipinski definition) is 1.